The quantitative estimate of drug-likeness (QED) is 0.366. The highest BCUT2D eigenvalue weighted by Crippen LogP contribution is 2.28. The molecule has 0 saturated carbocycles. The van der Waals surface area contributed by atoms with E-state index in [1.165, 1.54) is 5.56 Å². The number of carbonyl (C=O) groups is 1. The first-order chi connectivity index (χ1) is 9.29. The van der Waals surface area contributed by atoms with Crippen LogP contribution in [0.2, 0.25) is 0 Å². The normalized spacial score (nSPS) is 9.95. The molecule has 1 aromatic heterocycles. The summed E-state index contributed by atoms with van der Waals surface area (Å²) in [4.78, 5) is 11.4. The van der Waals surface area contributed by atoms with Gasteiger partial charge >= 0.3 is 0 Å². The van der Waals surface area contributed by atoms with Gasteiger partial charge in [0.15, 0.2) is 12.4 Å². The van der Waals surface area contributed by atoms with Crippen molar-refractivity contribution in [2.45, 2.75) is 10.6 Å². The zero-order valence-corrected chi connectivity index (χ0v) is 11.5. The number of carbonyl (C=O) groups excluding carboxylic acids is 1. The van der Waals surface area contributed by atoms with E-state index < -0.39 is 0 Å². The highest BCUT2D eigenvalue weighted by atomic mass is 32.2. The number of aryl methyl sites for hydroxylation is 1. The number of anilines is 1. The Bertz CT molecular complexity index is 560. The van der Waals surface area contributed by atoms with E-state index in [0.717, 1.165) is 16.3 Å². The smallest absolute Gasteiger partial charge is 0.225 e. The van der Waals surface area contributed by atoms with Gasteiger partial charge in [0.05, 0.1) is 5.69 Å². The minimum absolute atomic E-state index is 0.624. The molecule has 0 fully saturated rings. The number of nitrogens with one attached hydrogen (secondary N) is 2. The van der Waals surface area contributed by atoms with E-state index in [1.54, 1.807) is 11.8 Å². The average Bonchev–Trinajstić information content (AvgIpc) is 2.44. The highest BCUT2D eigenvalue weighted by Gasteiger charge is 2.04. The van der Waals surface area contributed by atoms with Crippen LogP contribution in [0.25, 0.3) is 0 Å². The van der Waals surface area contributed by atoms with Crippen molar-refractivity contribution < 1.29 is 9.36 Å². The predicted octanol–water partition coefficient (Wildman–Crippen LogP) is 1.88. The van der Waals surface area contributed by atoms with Gasteiger partial charge < -0.3 is 0 Å². The fraction of sp³-hybridized carbons (Fsp3) is 0.143. The molecule has 0 radical (unpaired) electrons. The minimum Gasteiger partial charge on any atom is -0.298 e. The van der Waals surface area contributed by atoms with Crippen LogP contribution in [0.5, 0.6) is 0 Å². The molecule has 1 heterocycles. The Morgan fingerprint density at radius 3 is 2.89 bits per heavy atom. The number of hydrazine groups is 1. The van der Waals surface area contributed by atoms with Gasteiger partial charge in [0.25, 0.3) is 0 Å². The molecule has 0 aliphatic carbocycles. The van der Waals surface area contributed by atoms with Crippen molar-refractivity contribution in [3.63, 3.8) is 0 Å². The molecule has 1 amide bonds. The SMILES string of the molecule is C[n+]1cccc(CSc2ccccc2NNC=O)c1. The van der Waals surface area contributed by atoms with Gasteiger partial charge in [-0.1, -0.05) is 12.1 Å². The Balaban J connectivity index is 2.04. The number of para-hydroxylation sites is 1. The molecule has 2 N–H and O–H groups in total. The Hall–Kier alpha value is -2.01. The summed E-state index contributed by atoms with van der Waals surface area (Å²) in [7, 11) is 2.01. The topological polar surface area (TPSA) is 45.0 Å². The molecule has 98 valence electrons. The number of pyridine rings is 1. The third-order valence-corrected chi connectivity index (χ3v) is 3.69. The lowest BCUT2D eigenvalue weighted by Gasteiger charge is -2.09. The molecule has 0 spiro atoms. The first-order valence-electron chi connectivity index (χ1n) is 5.91. The van der Waals surface area contributed by atoms with Gasteiger partial charge in [-0.05, 0) is 18.2 Å². The lowest BCUT2D eigenvalue weighted by molar-refractivity contribution is -0.671. The molecule has 19 heavy (non-hydrogen) atoms. The maximum Gasteiger partial charge on any atom is 0.225 e. The molecule has 1 aromatic carbocycles. The first kappa shape index (κ1) is 13.4. The van der Waals surface area contributed by atoms with Gasteiger partial charge in [-0.2, -0.15) is 0 Å². The summed E-state index contributed by atoms with van der Waals surface area (Å²) in [6.07, 6.45) is 4.74. The fourth-order valence-corrected chi connectivity index (χ4v) is 2.64. The summed E-state index contributed by atoms with van der Waals surface area (Å²) >= 11 is 1.73. The summed E-state index contributed by atoms with van der Waals surface area (Å²) in [5.74, 6) is 0.883. The average molecular weight is 274 g/mol. The second-order valence-corrected chi connectivity index (χ2v) is 5.07. The van der Waals surface area contributed by atoms with Crippen molar-refractivity contribution in [1.82, 2.24) is 5.43 Å². The van der Waals surface area contributed by atoms with E-state index in [-0.39, 0.29) is 0 Å². The molecule has 0 saturated heterocycles. The number of nitrogens with zero attached hydrogens (tertiary/aromatic N) is 1. The summed E-state index contributed by atoms with van der Waals surface area (Å²) in [6.45, 7) is 0. The van der Waals surface area contributed by atoms with Crippen LogP contribution < -0.4 is 15.4 Å². The van der Waals surface area contributed by atoms with Gasteiger partial charge in [-0.3, -0.25) is 15.6 Å². The third kappa shape index (κ3) is 3.99. The molecule has 4 nitrogen and oxygen atoms in total. The van der Waals surface area contributed by atoms with Crippen molar-refractivity contribution in [1.29, 1.82) is 0 Å². The van der Waals surface area contributed by atoms with Gasteiger partial charge in [0, 0.05) is 22.3 Å². The number of rotatable bonds is 6. The highest BCUT2D eigenvalue weighted by molar-refractivity contribution is 7.98. The molecule has 0 aliphatic rings. The van der Waals surface area contributed by atoms with E-state index in [9.17, 15) is 4.79 Å². The Morgan fingerprint density at radius 2 is 2.11 bits per heavy atom. The number of amides is 1. The molecule has 0 atom stereocenters. The summed E-state index contributed by atoms with van der Waals surface area (Å²) in [5, 5.41) is 0. The maximum absolute atomic E-state index is 10.3. The second-order valence-electron chi connectivity index (χ2n) is 4.05. The zero-order chi connectivity index (χ0) is 13.5. The second kappa shape index (κ2) is 6.80. The van der Waals surface area contributed by atoms with Gasteiger partial charge in [0.2, 0.25) is 6.41 Å². The van der Waals surface area contributed by atoms with Crippen LogP contribution >= 0.6 is 11.8 Å². The van der Waals surface area contributed by atoms with Crippen LogP contribution in [0, 0.1) is 0 Å². The van der Waals surface area contributed by atoms with Crippen LogP contribution in [0.4, 0.5) is 5.69 Å². The van der Waals surface area contributed by atoms with E-state index >= 15 is 0 Å². The van der Waals surface area contributed by atoms with Crippen LogP contribution in [-0.2, 0) is 17.6 Å². The largest absolute Gasteiger partial charge is 0.298 e. The molecule has 5 heteroatoms. The summed E-state index contributed by atoms with van der Waals surface area (Å²) in [6, 6.07) is 12.0. The predicted molar refractivity (Wildman–Crippen MR) is 76.4 cm³/mol. The number of aromatic nitrogens is 1. The molecule has 0 unspecified atom stereocenters. The monoisotopic (exact) mass is 274 g/mol. The van der Waals surface area contributed by atoms with Crippen LogP contribution in [0.15, 0.2) is 53.7 Å². The maximum atomic E-state index is 10.3. The number of benzene rings is 1. The number of hydrogen-bond donors (Lipinski definition) is 2. The van der Waals surface area contributed by atoms with Gasteiger partial charge in [-0.15, -0.1) is 11.8 Å². The lowest BCUT2D eigenvalue weighted by atomic mass is 10.3. The molecular weight excluding hydrogens is 258 g/mol. The van der Waals surface area contributed by atoms with Crippen LogP contribution in [0.3, 0.4) is 0 Å². The van der Waals surface area contributed by atoms with Crippen molar-refractivity contribution >= 4 is 23.9 Å². The third-order valence-electron chi connectivity index (χ3n) is 2.55. The van der Waals surface area contributed by atoms with Crippen molar-refractivity contribution in [2.24, 2.45) is 7.05 Å². The molecular formula is C14H16N3OS+. The molecule has 0 bridgehead atoms. The number of thioether (sulfide) groups is 1. The van der Waals surface area contributed by atoms with E-state index in [1.807, 2.05) is 48.1 Å². The molecule has 2 aromatic rings. The number of hydrogen-bond acceptors (Lipinski definition) is 3. The van der Waals surface area contributed by atoms with Gasteiger partial charge in [0.1, 0.15) is 7.05 Å². The Morgan fingerprint density at radius 1 is 1.26 bits per heavy atom. The van der Waals surface area contributed by atoms with Crippen molar-refractivity contribution in [3.05, 3.63) is 54.4 Å². The molecule has 0 aliphatic heterocycles. The fourth-order valence-electron chi connectivity index (χ4n) is 1.70. The van der Waals surface area contributed by atoms with E-state index in [0.29, 0.717) is 6.41 Å². The first-order valence-corrected chi connectivity index (χ1v) is 6.89. The Labute approximate surface area is 116 Å². The van der Waals surface area contributed by atoms with Crippen LogP contribution in [0.1, 0.15) is 5.56 Å². The van der Waals surface area contributed by atoms with E-state index in [4.69, 9.17) is 0 Å². The summed E-state index contributed by atoms with van der Waals surface area (Å²) in [5.41, 5.74) is 7.49. The molecule has 2 rings (SSSR count). The van der Waals surface area contributed by atoms with Crippen LogP contribution in [-0.4, -0.2) is 6.41 Å². The summed E-state index contributed by atoms with van der Waals surface area (Å²) < 4.78 is 2.04. The minimum atomic E-state index is 0.624. The lowest BCUT2D eigenvalue weighted by Crippen LogP contribution is -2.26. The van der Waals surface area contributed by atoms with Crippen molar-refractivity contribution in [3.8, 4) is 0 Å². The zero-order valence-electron chi connectivity index (χ0n) is 10.7. The van der Waals surface area contributed by atoms with Crippen molar-refractivity contribution in [2.75, 3.05) is 5.43 Å². The standard InChI is InChI=1S/C14H15N3OS/c1-17-8-4-5-12(9-17)10-19-14-7-3-2-6-13(14)16-15-11-18/h2-9,11,16H,10H2,1H3/p+1. The van der Waals surface area contributed by atoms with E-state index in [2.05, 4.69) is 23.1 Å². The van der Waals surface area contributed by atoms with Gasteiger partial charge in [-0.25, -0.2) is 4.57 Å². The Kier molecular flexibility index (Phi) is 4.80.